The topological polar surface area (TPSA) is 88.3 Å². The van der Waals surface area contributed by atoms with Crippen molar-refractivity contribution < 1.29 is 14.0 Å². The predicted octanol–water partition coefficient (Wildman–Crippen LogP) is 6.11. The average molecular weight is 517 g/mol. The van der Waals surface area contributed by atoms with E-state index in [1.807, 2.05) is 45.2 Å². The number of amides is 2. The quantitative estimate of drug-likeness (QED) is 0.396. The van der Waals surface area contributed by atoms with E-state index in [9.17, 15) is 14.0 Å². The number of carbonyl (C=O) groups is 2. The molecule has 0 bridgehead atoms. The first-order chi connectivity index (χ1) is 18.0. The van der Waals surface area contributed by atoms with Crippen LogP contribution in [-0.2, 0) is 15.1 Å². The Balaban J connectivity index is 1.53. The summed E-state index contributed by atoms with van der Waals surface area (Å²) in [5.74, 6) is 0.279. The molecular weight excluding hydrogens is 479 g/mol. The second kappa shape index (κ2) is 11.4. The Labute approximate surface area is 224 Å². The lowest BCUT2D eigenvalue weighted by molar-refractivity contribution is -0.130. The van der Waals surface area contributed by atoms with E-state index in [0.717, 1.165) is 42.4 Å². The normalized spacial score (nSPS) is 17.6. The molecule has 0 spiro atoms. The molecule has 1 aliphatic carbocycles. The van der Waals surface area contributed by atoms with Gasteiger partial charge in [-0.15, -0.1) is 0 Å². The summed E-state index contributed by atoms with van der Waals surface area (Å²) in [5.41, 5.74) is 9.50. The zero-order valence-electron chi connectivity index (χ0n) is 22.6. The lowest BCUT2D eigenvalue weighted by atomic mass is 9.83. The van der Waals surface area contributed by atoms with Crippen molar-refractivity contribution in [2.75, 3.05) is 12.4 Å². The molecule has 200 valence electrons. The minimum atomic E-state index is -0.470. The van der Waals surface area contributed by atoms with Gasteiger partial charge in [0.25, 0.3) is 0 Å². The molecule has 3 aromatic rings. The first-order valence-corrected chi connectivity index (χ1v) is 13.2. The van der Waals surface area contributed by atoms with E-state index in [-0.39, 0.29) is 29.6 Å². The number of halogens is 1. The molecule has 7 heteroatoms. The van der Waals surface area contributed by atoms with Gasteiger partial charge in [0.15, 0.2) is 0 Å². The Kier molecular flexibility index (Phi) is 8.26. The van der Waals surface area contributed by atoms with E-state index in [2.05, 4.69) is 10.3 Å². The molecular formula is C31H37FN4O2. The third-order valence-corrected chi connectivity index (χ3v) is 7.61. The van der Waals surface area contributed by atoms with Crippen LogP contribution in [0.4, 0.5) is 10.2 Å². The molecule has 1 saturated carbocycles. The summed E-state index contributed by atoms with van der Waals surface area (Å²) in [7, 11) is 1.84. The van der Waals surface area contributed by atoms with Gasteiger partial charge in [-0.25, -0.2) is 9.37 Å². The van der Waals surface area contributed by atoms with Crippen molar-refractivity contribution in [1.82, 2.24) is 9.88 Å². The molecule has 3 N–H and O–H groups in total. The van der Waals surface area contributed by atoms with Crippen LogP contribution in [0.2, 0.25) is 0 Å². The summed E-state index contributed by atoms with van der Waals surface area (Å²) in [6, 6.07) is 16.5. The van der Waals surface area contributed by atoms with Gasteiger partial charge in [-0.1, -0.05) is 42.5 Å². The van der Waals surface area contributed by atoms with Crippen LogP contribution in [-0.4, -0.2) is 34.8 Å². The molecule has 0 radical (unpaired) electrons. The van der Waals surface area contributed by atoms with Crippen LogP contribution in [0.15, 0.2) is 60.8 Å². The highest BCUT2D eigenvalue weighted by Gasteiger charge is 2.26. The zero-order chi connectivity index (χ0) is 27.4. The van der Waals surface area contributed by atoms with Gasteiger partial charge >= 0.3 is 0 Å². The van der Waals surface area contributed by atoms with Gasteiger partial charge in [0.05, 0.1) is 0 Å². The first-order valence-electron chi connectivity index (χ1n) is 13.2. The highest BCUT2D eigenvalue weighted by molar-refractivity contribution is 5.92. The number of nitrogens with two attached hydrogens (primary N) is 1. The van der Waals surface area contributed by atoms with Gasteiger partial charge in [-0.05, 0) is 74.3 Å². The maximum atomic E-state index is 14.9. The highest BCUT2D eigenvalue weighted by atomic mass is 19.1. The molecule has 2 aromatic carbocycles. The van der Waals surface area contributed by atoms with Crippen molar-refractivity contribution in [2.45, 2.75) is 64.5 Å². The van der Waals surface area contributed by atoms with Gasteiger partial charge in [-0.3, -0.25) is 9.59 Å². The Morgan fingerprint density at radius 1 is 1.03 bits per heavy atom. The van der Waals surface area contributed by atoms with Crippen molar-refractivity contribution in [2.24, 2.45) is 11.7 Å². The highest BCUT2D eigenvalue weighted by Crippen LogP contribution is 2.36. The lowest BCUT2D eigenvalue weighted by Gasteiger charge is -2.34. The van der Waals surface area contributed by atoms with E-state index in [1.165, 1.54) is 6.07 Å². The molecule has 0 saturated heterocycles. The maximum absolute atomic E-state index is 14.9. The van der Waals surface area contributed by atoms with E-state index < -0.39 is 5.54 Å². The van der Waals surface area contributed by atoms with Crippen LogP contribution in [0.1, 0.15) is 58.4 Å². The summed E-state index contributed by atoms with van der Waals surface area (Å²) in [6.07, 6.45) is 5.68. The summed E-state index contributed by atoms with van der Waals surface area (Å²) >= 11 is 0. The fourth-order valence-electron chi connectivity index (χ4n) is 5.19. The fourth-order valence-corrected chi connectivity index (χ4v) is 5.19. The van der Waals surface area contributed by atoms with E-state index in [1.54, 1.807) is 42.3 Å². The third kappa shape index (κ3) is 6.45. The molecule has 0 unspecified atom stereocenters. The minimum absolute atomic E-state index is 0.0746. The zero-order valence-corrected chi connectivity index (χ0v) is 22.6. The van der Waals surface area contributed by atoms with Crippen molar-refractivity contribution in [3.05, 3.63) is 72.2 Å². The second-order valence-electron chi connectivity index (χ2n) is 11.0. The Morgan fingerprint density at radius 3 is 2.29 bits per heavy atom. The minimum Gasteiger partial charge on any atom is -0.343 e. The second-order valence-corrected chi connectivity index (χ2v) is 11.0. The van der Waals surface area contributed by atoms with E-state index in [4.69, 9.17) is 5.73 Å². The van der Waals surface area contributed by atoms with Crippen molar-refractivity contribution in [3.8, 4) is 22.3 Å². The van der Waals surface area contributed by atoms with Gasteiger partial charge in [0.2, 0.25) is 11.8 Å². The molecule has 0 aliphatic heterocycles. The lowest BCUT2D eigenvalue weighted by Crippen LogP contribution is -2.38. The monoisotopic (exact) mass is 516 g/mol. The molecule has 4 rings (SSSR count). The number of carbonyl (C=O) groups excluding carboxylic acids is 2. The van der Waals surface area contributed by atoms with Crippen LogP contribution in [0.5, 0.6) is 0 Å². The standard InChI is InChI=1S/C31H37FN4O2/c1-20(37)36(4)24-15-9-21(10-16-24)17-30(38)35-29-18-26(25-7-5-6-8-28(25)32)27(19-34-29)22-11-13-23(14-12-22)31(2,3)33/h5-8,11-14,18-19,21,24H,9-10,15-17,33H2,1-4H3,(H,34,35,38). The number of rotatable bonds is 7. The Hall–Kier alpha value is -3.58. The number of aromatic nitrogens is 1. The Bertz CT molecular complexity index is 1290. The van der Waals surface area contributed by atoms with Gasteiger partial charge in [0.1, 0.15) is 11.6 Å². The molecule has 1 aromatic heterocycles. The van der Waals surface area contributed by atoms with E-state index in [0.29, 0.717) is 23.4 Å². The van der Waals surface area contributed by atoms with Crippen molar-refractivity contribution >= 4 is 17.6 Å². The first kappa shape index (κ1) is 27.5. The van der Waals surface area contributed by atoms with Crippen molar-refractivity contribution in [3.63, 3.8) is 0 Å². The predicted molar refractivity (Wildman–Crippen MR) is 150 cm³/mol. The van der Waals surface area contributed by atoms with Crippen LogP contribution < -0.4 is 11.1 Å². The summed E-state index contributed by atoms with van der Waals surface area (Å²) in [6.45, 7) is 5.48. The smallest absolute Gasteiger partial charge is 0.225 e. The third-order valence-electron chi connectivity index (χ3n) is 7.61. The number of nitrogens with zero attached hydrogens (tertiary/aromatic N) is 2. The largest absolute Gasteiger partial charge is 0.343 e. The van der Waals surface area contributed by atoms with Gasteiger partial charge in [-0.2, -0.15) is 0 Å². The van der Waals surface area contributed by atoms with Gasteiger partial charge in [0, 0.05) is 49.3 Å². The van der Waals surface area contributed by atoms with E-state index >= 15 is 0 Å². The SMILES string of the molecule is CC(=O)N(C)C1CCC(CC(=O)Nc2cc(-c3ccccc3F)c(-c3ccc(C(C)(C)N)cc3)cn2)CC1. The summed E-state index contributed by atoms with van der Waals surface area (Å²) < 4.78 is 14.9. The number of nitrogens with one attached hydrogen (secondary N) is 1. The van der Waals surface area contributed by atoms with Crippen LogP contribution in [0.25, 0.3) is 22.3 Å². The number of benzene rings is 2. The Morgan fingerprint density at radius 2 is 1.68 bits per heavy atom. The van der Waals surface area contributed by atoms with Gasteiger partial charge < -0.3 is 16.0 Å². The number of hydrogen-bond acceptors (Lipinski definition) is 4. The fraction of sp³-hybridized carbons (Fsp3) is 0.387. The maximum Gasteiger partial charge on any atom is 0.225 e. The molecule has 6 nitrogen and oxygen atoms in total. The molecule has 1 heterocycles. The number of hydrogen-bond donors (Lipinski definition) is 2. The molecule has 1 aliphatic rings. The molecule has 1 fully saturated rings. The van der Waals surface area contributed by atoms with Crippen molar-refractivity contribution in [1.29, 1.82) is 0 Å². The molecule has 38 heavy (non-hydrogen) atoms. The van der Waals surface area contributed by atoms with Crippen LogP contribution in [0.3, 0.4) is 0 Å². The van der Waals surface area contributed by atoms with Crippen LogP contribution >= 0.6 is 0 Å². The number of anilines is 1. The van der Waals surface area contributed by atoms with Crippen LogP contribution in [0, 0.1) is 11.7 Å². The number of pyridine rings is 1. The average Bonchev–Trinajstić information content (AvgIpc) is 2.88. The molecule has 2 amide bonds. The molecule has 0 atom stereocenters. The summed E-state index contributed by atoms with van der Waals surface area (Å²) in [5, 5.41) is 2.93. The summed E-state index contributed by atoms with van der Waals surface area (Å²) in [4.78, 5) is 30.9.